The molecule has 1 unspecified atom stereocenters. The third-order valence-corrected chi connectivity index (χ3v) is 8.23. The van der Waals surface area contributed by atoms with Crippen LogP contribution in [-0.4, -0.2) is 46.1 Å². The number of hydrogen-bond acceptors (Lipinski definition) is 8. The summed E-state index contributed by atoms with van der Waals surface area (Å²) in [6.45, 7) is 2.91. The number of azo groups is 1. The van der Waals surface area contributed by atoms with Gasteiger partial charge in [-0.3, -0.25) is 14.5 Å². The Morgan fingerprint density at radius 2 is 1.85 bits per heavy atom. The van der Waals surface area contributed by atoms with Crippen molar-refractivity contribution in [3.8, 4) is 11.8 Å². The lowest BCUT2D eigenvalue weighted by Crippen LogP contribution is -2.38. The fourth-order valence-electron chi connectivity index (χ4n) is 5.67. The summed E-state index contributed by atoms with van der Waals surface area (Å²) >= 11 is 3.40. The fraction of sp³-hybridized carbons (Fsp3) is 0.194. The summed E-state index contributed by atoms with van der Waals surface area (Å²) in [5.41, 5.74) is 3.66. The van der Waals surface area contributed by atoms with Crippen LogP contribution in [0.15, 0.2) is 75.4 Å². The number of carbonyl (C=O) groups excluding carboxylic acids is 2. The Kier molecular flexibility index (Phi) is 6.77. The third-order valence-electron chi connectivity index (χ3n) is 7.46. The van der Waals surface area contributed by atoms with E-state index in [2.05, 4.69) is 31.1 Å². The second kappa shape index (κ2) is 10.4. The van der Waals surface area contributed by atoms with Gasteiger partial charge in [0.15, 0.2) is 0 Å². The fourth-order valence-corrected chi connectivity index (χ4v) is 6.34. The molecule has 0 fully saturated rings. The smallest absolute Gasteiger partial charge is 0.262 e. The van der Waals surface area contributed by atoms with E-state index in [-0.39, 0.29) is 39.1 Å². The predicted molar refractivity (Wildman–Crippen MR) is 157 cm³/mol. The predicted octanol–water partition coefficient (Wildman–Crippen LogP) is 6.13. The molecule has 0 saturated carbocycles. The van der Waals surface area contributed by atoms with Crippen molar-refractivity contribution in [2.45, 2.75) is 26.0 Å². The molecule has 2 heterocycles. The maximum Gasteiger partial charge on any atom is 0.262 e. The number of anilines is 1. The first-order valence-electron chi connectivity index (χ1n) is 13.1. The molecule has 2 aliphatic rings. The van der Waals surface area contributed by atoms with Crippen molar-refractivity contribution in [2.75, 3.05) is 18.0 Å². The van der Waals surface area contributed by atoms with Crippen molar-refractivity contribution in [1.29, 1.82) is 5.26 Å². The minimum absolute atomic E-state index is 0.0120. The van der Waals surface area contributed by atoms with Crippen molar-refractivity contribution in [3.05, 3.63) is 93.0 Å². The van der Waals surface area contributed by atoms with Gasteiger partial charge >= 0.3 is 0 Å². The zero-order chi connectivity index (χ0) is 28.8. The van der Waals surface area contributed by atoms with Crippen LogP contribution in [0.1, 0.15) is 44.3 Å². The lowest BCUT2D eigenvalue weighted by molar-refractivity contribution is 0.0662. The number of amides is 2. The highest BCUT2D eigenvalue weighted by Gasteiger charge is 2.38. The molecular weight excluding hydrogens is 586 g/mol. The Morgan fingerprint density at radius 1 is 1.07 bits per heavy atom. The largest absolute Gasteiger partial charge is 0.507 e. The Morgan fingerprint density at radius 3 is 2.59 bits per heavy atom. The molecule has 2 amide bonds. The number of nitriles is 1. The quantitative estimate of drug-likeness (QED) is 0.207. The van der Waals surface area contributed by atoms with Gasteiger partial charge in [0, 0.05) is 37.1 Å². The number of imide groups is 1. The summed E-state index contributed by atoms with van der Waals surface area (Å²) in [6.07, 6.45) is -0.212. The first-order valence-corrected chi connectivity index (χ1v) is 13.9. The van der Waals surface area contributed by atoms with Gasteiger partial charge in [-0.05, 0) is 52.2 Å². The number of β-amino-alcohol motifs (C(OH)–C–C–N with tert-alkyl or cyclic N) is 1. The van der Waals surface area contributed by atoms with Crippen molar-refractivity contribution in [1.82, 2.24) is 4.90 Å². The summed E-state index contributed by atoms with van der Waals surface area (Å²) in [4.78, 5) is 28.8. The molecule has 0 aliphatic carbocycles. The molecular formula is C31H24BrN5O4. The Balaban J connectivity index is 1.50. The lowest BCUT2D eigenvalue weighted by Gasteiger charge is -2.35. The van der Waals surface area contributed by atoms with Gasteiger partial charge in [0.2, 0.25) is 0 Å². The number of hydrogen-bond donors (Lipinski definition) is 2. The number of aliphatic hydroxyl groups is 1. The highest BCUT2D eigenvalue weighted by Crippen LogP contribution is 2.46. The first-order chi connectivity index (χ1) is 19.8. The molecule has 41 heavy (non-hydrogen) atoms. The summed E-state index contributed by atoms with van der Waals surface area (Å²) in [5, 5.41) is 41.6. The van der Waals surface area contributed by atoms with Crippen LogP contribution in [0.4, 0.5) is 17.1 Å². The van der Waals surface area contributed by atoms with Crippen LogP contribution in [0.5, 0.6) is 5.75 Å². The third kappa shape index (κ3) is 4.43. The second-order valence-corrected chi connectivity index (χ2v) is 10.8. The van der Waals surface area contributed by atoms with Crippen molar-refractivity contribution in [2.24, 2.45) is 10.2 Å². The molecule has 9 nitrogen and oxygen atoms in total. The van der Waals surface area contributed by atoms with Crippen LogP contribution in [0.3, 0.4) is 0 Å². The highest BCUT2D eigenvalue weighted by molar-refractivity contribution is 9.10. The van der Waals surface area contributed by atoms with E-state index in [1.807, 2.05) is 42.5 Å². The molecule has 2 N–H and O–H groups in total. The first kappa shape index (κ1) is 26.6. The van der Waals surface area contributed by atoms with Gasteiger partial charge in [-0.2, -0.15) is 5.26 Å². The molecule has 6 rings (SSSR count). The number of rotatable bonds is 5. The van der Waals surface area contributed by atoms with Crippen LogP contribution in [0.2, 0.25) is 0 Å². The van der Waals surface area contributed by atoms with E-state index in [1.54, 1.807) is 25.1 Å². The van der Waals surface area contributed by atoms with Crippen molar-refractivity contribution in [3.63, 3.8) is 0 Å². The standard InChI is InChI=1S/C31H24BrN5O4/c1-2-37-30(40)22-12-19(14-33)28(27(32)26(22)31(37)41)35-34-23-13-18-11-20(38)16-36(15-17-7-4-3-5-8-17)29(18)21-9-6-10-24(39)25(21)23/h3-10,12-13,20,38-39H,2,11,15-16H2,1H3. The van der Waals surface area contributed by atoms with Crippen LogP contribution < -0.4 is 4.90 Å². The Hall–Kier alpha value is -4.59. The van der Waals surface area contributed by atoms with E-state index in [0.717, 1.165) is 27.1 Å². The van der Waals surface area contributed by atoms with E-state index in [1.165, 1.54) is 6.07 Å². The van der Waals surface area contributed by atoms with Crippen LogP contribution >= 0.6 is 15.9 Å². The number of phenols is 1. The van der Waals surface area contributed by atoms with Gasteiger partial charge in [-0.15, -0.1) is 10.2 Å². The minimum Gasteiger partial charge on any atom is -0.507 e. The minimum atomic E-state index is -0.605. The van der Waals surface area contributed by atoms with E-state index in [0.29, 0.717) is 30.6 Å². The molecule has 1 atom stereocenters. The number of fused-ring (bicyclic) bond motifs is 4. The van der Waals surface area contributed by atoms with Gasteiger partial charge < -0.3 is 15.1 Å². The van der Waals surface area contributed by atoms with Crippen LogP contribution in [0.25, 0.3) is 10.8 Å². The highest BCUT2D eigenvalue weighted by atomic mass is 79.9. The Labute approximate surface area is 244 Å². The maximum atomic E-state index is 12.9. The zero-order valence-corrected chi connectivity index (χ0v) is 23.6. The Bertz CT molecular complexity index is 1820. The molecule has 10 heteroatoms. The number of benzene rings is 4. The van der Waals surface area contributed by atoms with Crippen molar-refractivity contribution < 1.29 is 19.8 Å². The average molecular weight is 610 g/mol. The summed E-state index contributed by atoms with van der Waals surface area (Å²) in [6, 6.07) is 20.4. The van der Waals surface area contributed by atoms with Gasteiger partial charge in [-0.1, -0.05) is 42.5 Å². The normalized spacial score (nSPS) is 16.4. The van der Waals surface area contributed by atoms with E-state index in [9.17, 15) is 25.1 Å². The van der Waals surface area contributed by atoms with Crippen molar-refractivity contribution >= 4 is 55.6 Å². The summed E-state index contributed by atoms with van der Waals surface area (Å²) in [5.74, 6) is -0.917. The molecule has 0 saturated heterocycles. The molecule has 2 aliphatic heterocycles. The molecule has 4 aromatic carbocycles. The van der Waals surface area contributed by atoms with Gasteiger partial charge in [-0.25, -0.2) is 0 Å². The topological polar surface area (TPSA) is 130 Å². The summed E-state index contributed by atoms with van der Waals surface area (Å²) in [7, 11) is 0. The van der Waals surface area contributed by atoms with Gasteiger partial charge in [0.25, 0.3) is 11.8 Å². The van der Waals surface area contributed by atoms with Crippen LogP contribution in [-0.2, 0) is 13.0 Å². The second-order valence-electron chi connectivity index (χ2n) is 10.0. The molecule has 0 aromatic heterocycles. The molecule has 0 radical (unpaired) electrons. The van der Waals surface area contributed by atoms with E-state index < -0.39 is 17.9 Å². The van der Waals surface area contributed by atoms with Gasteiger partial charge in [0.1, 0.15) is 17.5 Å². The monoisotopic (exact) mass is 609 g/mol. The van der Waals surface area contributed by atoms with E-state index >= 15 is 0 Å². The number of nitrogens with zero attached hydrogens (tertiary/aromatic N) is 5. The number of aliphatic hydroxyl groups excluding tert-OH is 1. The number of carbonyl (C=O) groups is 2. The molecule has 0 bridgehead atoms. The zero-order valence-electron chi connectivity index (χ0n) is 22.0. The number of aromatic hydroxyl groups is 1. The number of phenolic OH excluding ortho intramolecular Hbond substituents is 1. The van der Waals surface area contributed by atoms with E-state index in [4.69, 9.17) is 0 Å². The lowest BCUT2D eigenvalue weighted by atomic mass is 9.93. The number of halogens is 1. The molecule has 0 spiro atoms. The molecule has 204 valence electrons. The maximum absolute atomic E-state index is 12.9. The molecule has 4 aromatic rings. The summed E-state index contributed by atoms with van der Waals surface area (Å²) < 4.78 is 0.209. The van der Waals surface area contributed by atoms with Gasteiger partial charge in [0.05, 0.1) is 38.3 Å². The average Bonchev–Trinajstić information content (AvgIpc) is 3.20. The van der Waals surface area contributed by atoms with Crippen LogP contribution in [0, 0.1) is 11.3 Å². The SMILES string of the molecule is CCN1C(=O)c2cc(C#N)c(N=Nc3cc4c(c5cccc(O)c35)N(Cc3ccccc3)CC(O)C4)c(Br)c2C1=O.